The first-order valence-electron chi connectivity index (χ1n) is 6.29. The lowest BCUT2D eigenvalue weighted by Crippen LogP contribution is -2.56. The average molecular weight is 238 g/mol. The van der Waals surface area contributed by atoms with Gasteiger partial charge in [0.25, 0.3) is 0 Å². The summed E-state index contributed by atoms with van der Waals surface area (Å²) in [5.41, 5.74) is 5.38. The Balaban J connectivity index is 2.81. The fourth-order valence-electron chi connectivity index (χ4n) is 2.40. The monoisotopic (exact) mass is 238 g/mol. The van der Waals surface area contributed by atoms with Crippen LogP contribution in [0.15, 0.2) is 12.7 Å². The summed E-state index contributed by atoms with van der Waals surface area (Å²) in [6, 6.07) is -0.382. The molecule has 96 valence electrons. The number of rotatable bonds is 6. The molecule has 1 rings (SSSR count). The van der Waals surface area contributed by atoms with Gasteiger partial charge in [0.2, 0.25) is 11.8 Å². The molecule has 0 radical (unpaired) electrons. The Hall–Kier alpha value is -1.16. The lowest BCUT2D eigenvalue weighted by atomic mass is 9.70. The van der Waals surface area contributed by atoms with Crippen molar-refractivity contribution in [3.8, 4) is 0 Å². The van der Waals surface area contributed by atoms with Gasteiger partial charge in [0, 0.05) is 12.5 Å². The van der Waals surface area contributed by atoms with Crippen LogP contribution in [0.25, 0.3) is 0 Å². The maximum Gasteiger partial charge on any atom is 0.234 e. The molecule has 1 aliphatic rings. The predicted octanol–water partition coefficient (Wildman–Crippen LogP) is 1.50. The van der Waals surface area contributed by atoms with E-state index in [1.165, 1.54) is 0 Å². The first kappa shape index (κ1) is 13.9. The zero-order chi connectivity index (χ0) is 12.9. The Labute approximate surface area is 103 Å². The number of amides is 2. The standard InChI is InChI=1S/C13H22N2O2/c1-3-5-6-8-13(10(14)4-2)9-7-11(16)15-12(13)17/h4,10H,2-3,5-9,14H2,1H3,(H,15,16,17). The van der Waals surface area contributed by atoms with Crippen LogP contribution in [0.5, 0.6) is 0 Å². The zero-order valence-electron chi connectivity index (χ0n) is 10.5. The highest BCUT2D eigenvalue weighted by Crippen LogP contribution is 2.36. The molecule has 1 aliphatic heterocycles. The highest BCUT2D eigenvalue weighted by molar-refractivity contribution is 6.01. The van der Waals surface area contributed by atoms with E-state index in [1.807, 2.05) is 0 Å². The van der Waals surface area contributed by atoms with Crippen LogP contribution < -0.4 is 11.1 Å². The van der Waals surface area contributed by atoms with E-state index in [2.05, 4.69) is 18.8 Å². The van der Waals surface area contributed by atoms with Crippen molar-refractivity contribution in [2.75, 3.05) is 0 Å². The van der Waals surface area contributed by atoms with Gasteiger partial charge in [0.15, 0.2) is 0 Å². The van der Waals surface area contributed by atoms with Gasteiger partial charge in [-0.3, -0.25) is 14.9 Å². The fraction of sp³-hybridized carbons (Fsp3) is 0.692. The van der Waals surface area contributed by atoms with Crippen LogP contribution in [-0.2, 0) is 9.59 Å². The molecule has 2 unspecified atom stereocenters. The van der Waals surface area contributed by atoms with Crippen molar-refractivity contribution in [2.24, 2.45) is 11.1 Å². The summed E-state index contributed by atoms with van der Waals surface area (Å²) in [7, 11) is 0. The molecule has 1 saturated heterocycles. The lowest BCUT2D eigenvalue weighted by Gasteiger charge is -2.38. The molecule has 4 heteroatoms. The second-order valence-corrected chi connectivity index (χ2v) is 4.75. The number of nitrogens with two attached hydrogens (primary N) is 1. The molecule has 0 aromatic rings. The summed E-state index contributed by atoms with van der Waals surface area (Å²) in [5.74, 6) is -0.422. The Kier molecular flexibility index (Phi) is 4.87. The van der Waals surface area contributed by atoms with Crippen LogP contribution in [-0.4, -0.2) is 17.9 Å². The molecule has 0 aromatic carbocycles. The molecule has 17 heavy (non-hydrogen) atoms. The molecular formula is C13H22N2O2. The minimum absolute atomic E-state index is 0.197. The quantitative estimate of drug-likeness (QED) is 0.418. The van der Waals surface area contributed by atoms with Gasteiger partial charge < -0.3 is 5.73 Å². The van der Waals surface area contributed by atoms with E-state index < -0.39 is 5.41 Å². The van der Waals surface area contributed by atoms with Gasteiger partial charge in [0.1, 0.15) is 0 Å². The number of carbonyl (C=O) groups is 2. The number of carbonyl (C=O) groups excluding carboxylic acids is 2. The van der Waals surface area contributed by atoms with E-state index >= 15 is 0 Å². The normalized spacial score (nSPS) is 26.5. The van der Waals surface area contributed by atoms with Gasteiger partial charge in [-0.05, 0) is 12.8 Å². The fourth-order valence-corrected chi connectivity index (χ4v) is 2.40. The molecule has 3 N–H and O–H groups in total. The van der Waals surface area contributed by atoms with Crippen molar-refractivity contribution in [2.45, 2.75) is 51.5 Å². The maximum absolute atomic E-state index is 12.1. The average Bonchev–Trinajstić information content (AvgIpc) is 2.31. The molecule has 0 aliphatic carbocycles. The maximum atomic E-state index is 12.1. The van der Waals surface area contributed by atoms with E-state index in [0.717, 1.165) is 25.7 Å². The molecule has 0 bridgehead atoms. The number of hydrogen-bond donors (Lipinski definition) is 2. The van der Waals surface area contributed by atoms with E-state index in [1.54, 1.807) is 6.08 Å². The second-order valence-electron chi connectivity index (χ2n) is 4.75. The summed E-state index contributed by atoms with van der Waals surface area (Å²) < 4.78 is 0. The number of nitrogens with one attached hydrogen (secondary N) is 1. The third-order valence-electron chi connectivity index (χ3n) is 3.62. The van der Waals surface area contributed by atoms with E-state index in [4.69, 9.17) is 5.73 Å². The Bertz CT molecular complexity index is 315. The van der Waals surface area contributed by atoms with Crippen molar-refractivity contribution in [1.82, 2.24) is 5.32 Å². The summed E-state index contributed by atoms with van der Waals surface area (Å²) in [6.07, 6.45) is 6.38. The molecule has 4 nitrogen and oxygen atoms in total. The molecule has 0 spiro atoms. The number of piperidine rings is 1. The second kappa shape index (κ2) is 5.96. The van der Waals surface area contributed by atoms with Gasteiger partial charge in [-0.2, -0.15) is 0 Å². The van der Waals surface area contributed by atoms with Gasteiger partial charge in [-0.15, -0.1) is 6.58 Å². The molecule has 0 saturated carbocycles. The van der Waals surface area contributed by atoms with Crippen molar-refractivity contribution in [3.63, 3.8) is 0 Å². The number of unbranched alkanes of at least 4 members (excludes halogenated alkanes) is 2. The number of hydrogen-bond acceptors (Lipinski definition) is 3. The lowest BCUT2D eigenvalue weighted by molar-refractivity contribution is -0.142. The van der Waals surface area contributed by atoms with Crippen molar-refractivity contribution < 1.29 is 9.59 Å². The Morgan fingerprint density at radius 2 is 2.24 bits per heavy atom. The van der Waals surface area contributed by atoms with Crippen LogP contribution in [0, 0.1) is 5.41 Å². The van der Waals surface area contributed by atoms with Crippen LogP contribution >= 0.6 is 0 Å². The van der Waals surface area contributed by atoms with Crippen molar-refractivity contribution >= 4 is 11.8 Å². The third kappa shape index (κ3) is 2.94. The molecule has 2 amide bonds. The van der Waals surface area contributed by atoms with Gasteiger partial charge in [0.05, 0.1) is 5.41 Å². The minimum Gasteiger partial charge on any atom is -0.324 e. The molecule has 0 aromatic heterocycles. The van der Waals surface area contributed by atoms with Gasteiger partial charge >= 0.3 is 0 Å². The van der Waals surface area contributed by atoms with Gasteiger partial charge in [-0.1, -0.05) is 32.3 Å². The highest BCUT2D eigenvalue weighted by atomic mass is 16.2. The van der Waals surface area contributed by atoms with E-state index in [9.17, 15) is 9.59 Å². The summed E-state index contributed by atoms with van der Waals surface area (Å²) in [4.78, 5) is 23.3. The molecule has 2 atom stereocenters. The zero-order valence-corrected chi connectivity index (χ0v) is 10.5. The molecular weight excluding hydrogens is 216 g/mol. The third-order valence-corrected chi connectivity index (χ3v) is 3.62. The highest BCUT2D eigenvalue weighted by Gasteiger charge is 2.45. The first-order valence-corrected chi connectivity index (χ1v) is 6.29. The van der Waals surface area contributed by atoms with Crippen molar-refractivity contribution in [3.05, 3.63) is 12.7 Å². The largest absolute Gasteiger partial charge is 0.324 e. The summed E-state index contributed by atoms with van der Waals surface area (Å²) >= 11 is 0. The Morgan fingerprint density at radius 1 is 1.53 bits per heavy atom. The molecule has 1 heterocycles. The summed E-state index contributed by atoms with van der Waals surface area (Å²) in [5, 5.41) is 2.41. The summed E-state index contributed by atoms with van der Waals surface area (Å²) in [6.45, 7) is 5.79. The van der Waals surface area contributed by atoms with Crippen LogP contribution in [0.1, 0.15) is 45.4 Å². The van der Waals surface area contributed by atoms with Crippen LogP contribution in [0.4, 0.5) is 0 Å². The van der Waals surface area contributed by atoms with E-state index in [-0.39, 0.29) is 17.9 Å². The molecule has 1 fully saturated rings. The minimum atomic E-state index is -0.634. The predicted molar refractivity (Wildman–Crippen MR) is 67.1 cm³/mol. The SMILES string of the molecule is C=CC(N)C1(CCCCC)CCC(=O)NC1=O. The van der Waals surface area contributed by atoms with E-state index in [0.29, 0.717) is 12.8 Å². The Morgan fingerprint density at radius 3 is 2.76 bits per heavy atom. The first-order chi connectivity index (χ1) is 8.06. The van der Waals surface area contributed by atoms with Crippen LogP contribution in [0.3, 0.4) is 0 Å². The number of imide groups is 1. The van der Waals surface area contributed by atoms with Gasteiger partial charge in [-0.25, -0.2) is 0 Å². The van der Waals surface area contributed by atoms with Crippen molar-refractivity contribution in [1.29, 1.82) is 0 Å². The topological polar surface area (TPSA) is 72.2 Å². The smallest absolute Gasteiger partial charge is 0.234 e. The van der Waals surface area contributed by atoms with Crippen LogP contribution in [0.2, 0.25) is 0 Å².